The first-order chi connectivity index (χ1) is 12.4. The van der Waals surface area contributed by atoms with Crippen molar-refractivity contribution in [2.45, 2.75) is 20.0 Å². The number of aromatic nitrogens is 2. The number of para-hydroxylation sites is 1. The van der Waals surface area contributed by atoms with E-state index in [9.17, 15) is 9.18 Å². The highest BCUT2D eigenvalue weighted by atomic mass is 79.9. The summed E-state index contributed by atoms with van der Waals surface area (Å²) < 4.78 is 24.2. The summed E-state index contributed by atoms with van der Waals surface area (Å²) in [6, 6.07) is 11.1. The van der Waals surface area contributed by atoms with Gasteiger partial charge in [0.2, 0.25) is 11.7 Å². The van der Waals surface area contributed by atoms with E-state index >= 15 is 0 Å². The smallest absolute Gasteiger partial charge is 0.265 e. The Morgan fingerprint density at radius 2 is 2.08 bits per heavy atom. The molecule has 1 amide bonds. The fourth-order valence-electron chi connectivity index (χ4n) is 2.24. The number of aryl methyl sites for hydroxylation is 1. The minimum Gasteiger partial charge on any atom is -0.480 e. The second kappa shape index (κ2) is 7.65. The van der Waals surface area contributed by atoms with Gasteiger partial charge in [0.15, 0.2) is 6.10 Å². The Morgan fingerprint density at radius 3 is 2.77 bits per heavy atom. The lowest BCUT2D eigenvalue weighted by molar-refractivity contribution is -0.122. The summed E-state index contributed by atoms with van der Waals surface area (Å²) in [5.74, 6) is 0.419. The van der Waals surface area contributed by atoms with Gasteiger partial charge in [0.05, 0.1) is 10.2 Å². The number of benzene rings is 2. The molecule has 6 nitrogen and oxygen atoms in total. The number of hydrogen-bond acceptors (Lipinski definition) is 5. The molecular formula is C18H15BrFN3O3. The number of carbonyl (C=O) groups excluding carboxylic acids is 1. The summed E-state index contributed by atoms with van der Waals surface area (Å²) in [6.45, 7) is 3.29. The molecule has 3 aromatic rings. The molecule has 0 bridgehead atoms. The lowest BCUT2D eigenvalue weighted by Crippen LogP contribution is -2.30. The first-order valence-corrected chi connectivity index (χ1v) is 8.55. The monoisotopic (exact) mass is 419 g/mol. The maximum atomic E-state index is 13.2. The van der Waals surface area contributed by atoms with Crippen LogP contribution >= 0.6 is 15.9 Å². The van der Waals surface area contributed by atoms with Crippen LogP contribution in [0.3, 0.4) is 0 Å². The van der Waals surface area contributed by atoms with Crippen LogP contribution in [0.2, 0.25) is 0 Å². The molecule has 1 atom stereocenters. The van der Waals surface area contributed by atoms with E-state index in [2.05, 4.69) is 31.4 Å². The number of nitrogens with one attached hydrogen (secondary N) is 1. The van der Waals surface area contributed by atoms with E-state index in [1.807, 2.05) is 6.07 Å². The lowest BCUT2D eigenvalue weighted by Gasteiger charge is -2.16. The molecule has 1 heterocycles. The highest BCUT2D eigenvalue weighted by molar-refractivity contribution is 9.10. The van der Waals surface area contributed by atoms with Crippen LogP contribution in [0.15, 0.2) is 51.5 Å². The number of carbonyl (C=O) groups is 1. The summed E-state index contributed by atoms with van der Waals surface area (Å²) in [4.78, 5) is 16.7. The number of nitrogens with zero attached hydrogens (tertiary/aromatic N) is 2. The molecule has 134 valence electrons. The zero-order valence-corrected chi connectivity index (χ0v) is 15.6. The maximum absolute atomic E-state index is 13.2. The number of hydrogen-bond donors (Lipinski definition) is 1. The molecule has 1 aromatic heterocycles. The minimum absolute atomic E-state index is 0.367. The maximum Gasteiger partial charge on any atom is 0.265 e. The third kappa shape index (κ3) is 4.08. The van der Waals surface area contributed by atoms with E-state index in [1.54, 1.807) is 32.0 Å². The topological polar surface area (TPSA) is 77.2 Å². The van der Waals surface area contributed by atoms with E-state index in [4.69, 9.17) is 9.26 Å². The van der Waals surface area contributed by atoms with Crippen molar-refractivity contribution in [2.75, 3.05) is 5.32 Å². The molecule has 0 aliphatic heterocycles. The molecule has 0 radical (unpaired) electrons. The van der Waals surface area contributed by atoms with Crippen molar-refractivity contribution in [3.8, 4) is 17.1 Å². The Hall–Kier alpha value is -2.74. The van der Waals surface area contributed by atoms with Crippen molar-refractivity contribution in [1.29, 1.82) is 0 Å². The summed E-state index contributed by atoms with van der Waals surface area (Å²) in [7, 11) is 0. The average Bonchev–Trinajstić information content (AvgIpc) is 3.04. The normalized spacial score (nSPS) is 11.8. The zero-order valence-electron chi connectivity index (χ0n) is 14.0. The standard InChI is InChI=1S/C18H15BrFN3O3/c1-10(25-16-8-7-12(20)9-14(16)19)18(24)22-15-6-4-3-5-13(15)17-21-11(2)26-23-17/h3-10H,1-2H3,(H,22,24). The van der Waals surface area contributed by atoms with Gasteiger partial charge in [-0.05, 0) is 53.2 Å². The fourth-order valence-corrected chi connectivity index (χ4v) is 2.69. The third-order valence-electron chi connectivity index (χ3n) is 3.52. The first-order valence-electron chi connectivity index (χ1n) is 7.76. The molecule has 2 aromatic carbocycles. The van der Waals surface area contributed by atoms with Gasteiger partial charge in [-0.15, -0.1) is 0 Å². The molecule has 8 heteroatoms. The molecule has 0 fully saturated rings. The Morgan fingerprint density at radius 1 is 1.31 bits per heavy atom. The summed E-state index contributed by atoms with van der Waals surface area (Å²) in [5.41, 5.74) is 1.17. The van der Waals surface area contributed by atoms with Crippen molar-refractivity contribution in [2.24, 2.45) is 0 Å². The molecule has 26 heavy (non-hydrogen) atoms. The van der Waals surface area contributed by atoms with Gasteiger partial charge in [-0.25, -0.2) is 4.39 Å². The first kappa shape index (κ1) is 18.1. The predicted molar refractivity (Wildman–Crippen MR) is 97.3 cm³/mol. The molecule has 0 aliphatic rings. The van der Waals surface area contributed by atoms with Crippen molar-refractivity contribution >= 4 is 27.5 Å². The Kier molecular flexibility index (Phi) is 5.32. The van der Waals surface area contributed by atoms with Crippen LogP contribution in [0.4, 0.5) is 10.1 Å². The van der Waals surface area contributed by atoms with Crippen molar-refractivity contribution < 1.29 is 18.4 Å². The van der Waals surface area contributed by atoms with Gasteiger partial charge in [0.1, 0.15) is 11.6 Å². The predicted octanol–water partition coefficient (Wildman–Crippen LogP) is 4.35. The molecule has 3 rings (SSSR count). The van der Waals surface area contributed by atoms with Gasteiger partial charge in [-0.2, -0.15) is 4.98 Å². The Labute approximate surface area is 157 Å². The summed E-state index contributed by atoms with van der Waals surface area (Å²) >= 11 is 3.21. The molecular weight excluding hydrogens is 405 g/mol. The van der Waals surface area contributed by atoms with Gasteiger partial charge in [-0.3, -0.25) is 4.79 Å². The summed E-state index contributed by atoms with van der Waals surface area (Å²) in [6.07, 6.45) is -0.808. The van der Waals surface area contributed by atoms with E-state index in [-0.39, 0.29) is 5.91 Å². The Bertz CT molecular complexity index is 945. The number of amides is 1. The van der Waals surface area contributed by atoms with Crippen LogP contribution in [-0.4, -0.2) is 22.2 Å². The summed E-state index contributed by atoms with van der Waals surface area (Å²) in [5, 5.41) is 6.67. The third-order valence-corrected chi connectivity index (χ3v) is 4.14. The van der Waals surface area contributed by atoms with Crippen LogP contribution in [0, 0.1) is 12.7 Å². The van der Waals surface area contributed by atoms with E-state index in [1.165, 1.54) is 18.2 Å². The van der Waals surface area contributed by atoms with Gasteiger partial charge in [0.25, 0.3) is 5.91 Å². The molecule has 0 saturated carbocycles. The van der Waals surface area contributed by atoms with E-state index in [0.29, 0.717) is 33.2 Å². The van der Waals surface area contributed by atoms with Crippen LogP contribution in [0.1, 0.15) is 12.8 Å². The molecule has 1 N–H and O–H groups in total. The lowest BCUT2D eigenvalue weighted by atomic mass is 10.1. The SMILES string of the molecule is Cc1nc(-c2ccccc2NC(=O)C(C)Oc2ccc(F)cc2Br)no1. The van der Waals surface area contributed by atoms with Gasteiger partial charge < -0.3 is 14.6 Å². The number of rotatable bonds is 5. The highest BCUT2D eigenvalue weighted by Crippen LogP contribution is 2.28. The van der Waals surface area contributed by atoms with Crippen molar-refractivity contribution in [3.63, 3.8) is 0 Å². The fraction of sp³-hybridized carbons (Fsp3) is 0.167. The molecule has 1 unspecified atom stereocenters. The average molecular weight is 420 g/mol. The van der Waals surface area contributed by atoms with Crippen molar-refractivity contribution in [1.82, 2.24) is 10.1 Å². The molecule has 0 aliphatic carbocycles. The van der Waals surface area contributed by atoms with E-state index < -0.39 is 11.9 Å². The van der Waals surface area contributed by atoms with Gasteiger partial charge in [-0.1, -0.05) is 17.3 Å². The van der Waals surface area contributed by atoms with Crippen LogP contribution in [0.5, 0.6) is 5.75 Å². The Balaban J connectivity index is 1.75. The largest absolute Gasteiger partial charge is 0.480 e. The van der Waals surface area contributed by atoms with E-state index in [0.717, 1.165) is 0 Å². The van der Waals surface area contributed by atoms with Gasteiger partial charge >= 0.3 is 0 Å². The number of ether oxygens (including phenoxy) is 1. The van der Waals surface area contributed by atoms with Gasteiger partial charge in [0, 0.05) is 12.5 Å². The number of anilines is 1. The highest BCUT2D eigenvalue weighted by Gasteiger charge is 2.19. The van der Waals surface area contributed by atoms with Crippen LogP contribution in [-0.2, 0) is 4.79 Å². The quantitative estimate of drug-likeness (QED) is 0.664. The zero-order chi connectivity index (χ0) is 18.7. The van der Waals surface area contributed by atoms with Crippen LogP contribution < -0.4 is 10.1 Å². The molecule has 0 saturated heterocycles. The second-order valence-corrected chi connectivity index (χ2v) is 6.36. The minimum atomic E-state index is -0.808. The van der Waals surface area contributed by atoms with Crippen LogP contribution in [0.25, 0.3) is 11.4 Å². The second-order valence-electron chi connectivity index (χ2n) is 5.51. The number of halogens is 2. The molecule has 0 spiro atoms. The van der Waals surface area contributed by atoms with Crippen molar-refractivity contribution in [3.05, 3.63) is 58.6 Å².